The molecule has 0 saturated heterocycles. The summed E-state index contributed by atoms with van der Waals surface area (Å²) in [6, 6.07) is 3.46. The Morgan fingerprint density at radius 3 is 2.65 bits per heavy atom. The highest BCUT2D eigenvalue weighted by atomic mass is 16.3. The first-order valence-corrected chi connectivity index (χ1v) is 5.97. The summed E-state index contributed by atoms with van der Waals surface area (Å²) < 4.78 is 0. The van der Waals surface area contributed by atoms with E-state index in [1.807, 2.05) is 19.9 Å². The molecular formula is C13H20N2O2. The molecule has 0 fully saturated rings. The quantitative estimate of drug-likeness (QED) is 0.660. The summed E-state index contributed by atoms with van der Waals surface area (Å²) in [7, 11) is 0. The second-order valence-electron chi connectivity index (χ2n) is 3.90. The van der Waals surface area contributed by atoms with Crippen LogP contribution in [0, 0.1) is 0 Å². The van der Waals surface area contributed by atoms with Crippen molar-refractivity contribution in [2.75, 3.05) is 18.4 Å². The average molecular weight is 236 g/mol. The predicted molar refractivity (Wildman–Crippen MR) is 69.7 cm³/mol. The van der Waals surface area contributed by atoms with Gasteiger partial charge in [-0.3, -0.25) is 4.79 Å². The molecule has 94 valence electrons. The standard InChI is InChI=1S/C13H20N2O2/c1-3-5-9-11(15-4-2)7-6-10(13(9)17)12(16)8-14/h6-7,15,17H,3-5,8,14H2,1-2H3. The summed E-state index contributed by atoms with van der Waals surface area (Å²) in [6.07, 6.45) is 1.64. The number of hydrogen-bond donors (Lipinski definition) is 3. The van der Waals surface area contributed by atoms with Gasteiger partial charge in [-0.25, -0.2) is 0 Å². The molecule has 0 heterocycles. The molecule has 4 heteroatoms. The van der Waals surface area contributed by atoms with Crippen LogP contribution >= 0.6 is 0 Å². The van der Waals surface area contributed by atoms with Crippen molar-refractivity contribution in [1.82, 2.24) is 0 Å². The Balaban J connectivity index is 3.22. The number of carbonyl (C=O) groups excluding carboxylic acids is 1. The first-order valence-electron chi connectivity index (χ1n) is 5.97. The summed E-state index contributed by atoms with van der Waals surface area (Å²) in [5, 5.41) is 13.3. The van der Waals surface area contributed by atoms with Gasteiger partial charge in [-0.05, 0) is 25.5 Å². The number of aromatic hydroxyl groups is 1. The number of nitrogens with one attached hydrogen (secondary N) is 1. The molecule has 0 spiro atoms. The Hall–Kier alpha value is -1.55. The maximum atomic E-state index is 11.6. The highest BCUT2D eigenvalue weighted by Crippen LogP contribution is 2.31. The van der Waals surface area contributed by atoms with Crippen LogP contribution in [0.4, 0.5) is 5.69 Å². The third-order valence-corrected chi connectivity index (χ3v) is 2.64. The van der Waals surface area contributed by atoms with Crippen molar-refractivity contribution in [3.05, 3.63) is 23.3 Å². The number of anilines is 1. The van der Waals surface area contributed by atoms with Crippen molar-refractivity contribution in [3.63, 3.8) is 0 Å². The molecule has 0 aliphatic carbocycles. The summed E-state index contributed by atoms with van der Waals surface area (Å²) in [4.78, 5) is 11.6. The van der Waals surface area contributed by atoms with Crippen LogP contribution in [0.3, 0.4) is 0 Å². The fourth-order valence-corrected chi connectivity index (χ4v) is 1.83. The van der Waals surface area contributed by atoms with Gasteiger partial charge in [-0.1, -0.05) is 13.3 Å². The van der Waals surface area contributed by atoms with Gasteiger partial charge in [0.2, 0.25) is 0 Å². The van der Waals surface area contributed by atoms with Gasteiger partial charge in [0.1, 0.15) is 5.75 Å². The lowest BCUT2D eigenvalue weighted by atomic mass is 10.00. The maximum Gasteiger partial charge on any atom is 0.180 e. The molecule has 4 nitrogen and oxygen atoms in total. The van der Waals surface area contributed by atoms with E-state index in [1.54, 1.807) is 6.07 Å². The van der Waals surface area contributed by atoms with Crippen LogP contribution in [0.5, 0.6) is 5.75 Å². The zero-order valence-corrected chi connectivity index (χ0v) is 10.4. The van der Waals surface area contributed by atoms with E-state index < -0.39 is 0 Å². The van der Waals surface area contributed by atoms with Crippen LogP contribution in [0.1, 0.15) is 36.2 Å². The van der Waals surface area contributed by atoms with Gasteiger partial charge < -0.3 is 16.2 Å². The molecule has 0 radical (unpaired) electrons. The van der Waals surface area contributed by atoms with E-state index in [0.717, 1.165) is 30.6 Å². The molecule has 0 bridgehead atoms. The molecule has 0 amide bonds. The lowest BCUT2D eigenvalue weighted by Crippen LogP contribution is -2.14. The van der Waals surface area contributed by atoms with Gasteiger partial charge in [-0.2, -0.15) is 0 Å². The molecule has 1 aromatic rings. The molecule has 1 rings (SSSR count). The molecule has 0 aliphatic rings. The van der Waals surface area contributed by atoms with E-state index in [-0.39, 0.29) is 18.1 Å². The first kappa shape index (κ1) is 13.5. The number of hydrogen-bond acceptors (Lipinski definition) is 4. The fraction of sp³-hybridized carbons (Fsp3) is 0.462. The van der Waals surface area contributed by atoms with Crippen molar-refractivity contribution in [2.24, 2.45) is 5.73 Å². The van der Waals surface area contributed by atoms with Gasteiger partial charge >= 0.3 is 0 Å². The second-order valence-corrected chi connectivity index (χ2v) is 3.90. The predicted octanol–water partition coefficient (Wildman–Crippen LogP) is 1.92. The van der Waals surface area contributed by atoms with Crippen molar-refractivity contribution >= 4 is 11.5 Å². The number of nitrogens with two attached hydrogens (primary N) is 1. The molecule has 4 N–H and O–H groups in total. The third-order valence-electron chi connectivity index (χ3n) is 2.64. The van der Waals surface area contributed by atoms with Gasteiger partial charge in [0, 0.05) is 17.8 Å². The molecule has 0 aromatic heterocycles. The van der Waals surface area contributed by atoms with Crippen LogP contribution < -0.4 is 11.1 Å². The average Bonchev–Trinajstić information content (AvgIpc) is 2.33. The van der Waals surface area contributed by atoms with Crippen LogP contribution in [0.2, 0.25) is 0 Å². The largest absolute Gasteiger partial charge is 0.507 e. The summed E-state index contributed by atoms with van der Waals surface area (Å²) >= 11 is 0. The summed E-state index contributed by atoms with van der Waals surface area (Å²) in [5.74, 6) is -0.163. The number of rotatable bonds is 6. The minimum absolute atomic E-state index is 0.0701. The normalized spacial score (nSPS) is 10.3. The molecule has 0 aliphatic heterocycles. The Kier molecular flexibility index (Phi) is 4.97. The fourth-order valence-electron chi connectivity index (χ4n) is 1.83. The number of phenols is 1. The second kappa shape index (κ2) is 6.25. The number of ketones is 1. The zero-order chi connectivity index (χ0) is 12.8. The number of phenolic OH excluding ortho intramolecular Hbond substituents is 1. The first-order chi connectivity index (χ1) is 8.15. The molecule has 17 heavy (non-hydrogen) atoms. The van der Waals surface area contributed by atoms with Gasteiger partial charge in [0.15, 0.2) is 5.78 Å². The van der Waals surface area contributed by atoms with E-state index >= 15 is 0 Å². The Labute approximate surface area is 102 Å². The van der Waals surface area contributed by atoms with Crippen LogP contribution in [0.15, 0.2) is 12.1 Å². The molecule has 0 saturated carbocycles. The Bertz CT molecular complexity index is 403. The monoisotopic (exact) mass is 236 g/mol. The highest BCUT2D eigenvalue weighted by molar-refractivity contribution is 6.00. The molecule has 0 unspecified atom stereocenters. The van der Waals surface area contributed by atoms with Crippen molar-refractivity contribution in [3.8, 4) is 5.75 Å². The van der Waals surface area contributed by atoms with Crippen molar-refractivity contribution in [2.45, 2.75) is 26.7 Å². The zero-order valence-electron chi connectivity index (χ0n) is 10.4. The van der Waals surface area contributed by atoms with E-state index in [4.69, 9.17) is 5.73 Å². The smallest absolute Gasteiger partial charge is 0.180 e. The van der Waals surface area contributed by atoms with E-state index in [9.17, 15) is 9.90 Å². The van der Waals surface area contributed by atoms with Crippen molar-refractivity contribution < 1.29 is 9.90 Å². The lowest BCUT2D eigenvalue weighted by molar-refractivity contribution is 0.0998. The van der Waals surface area contributed by atoms with Gasteiger partial charge in [0.25, 0.3) is 0 Å². The maximum absolute atomic E-state index is 11.6. The van der Waals surface area contributed by atoms with Gasteiger partial charge in [0.05, 0.1) is 12.1 Å². The highest BCUT2D eigenvalue weighted by Gasteiger charge is 2.15. The van der Waals surface area contributed by atoms with Crippen molar-refractivity contribution in [1.29, 1.82) is 0 Å². The molecular weight excluding hydrogens is 216 g/mol. The Morgan fingerprint density at radius 1 is 1.41 bits per heavy atom. The summed E-state index contributed by atoms with van der Waals surface area (Å²) in [5.41, 5.74) is 7.32. The van der Waals surface area contributed by atoms with Gasteiger partial charge in [-0.15, -0.1) is 0 Å². The molecule has 0 atom stereocenters. The minimum atomic E-state index is -0.233. The number of Topliss-reactive ketones (excluding diaryl/α,β-unsaturated/α-hetero) is 1. The third kappa shape index (κ3) is 2.97. The van der Waals surface area contributed by atoms with Crippen LogP contribution in [-0.4, -0.2) is 24.0 Å². The lowest BCUT2D eigenvalue weighted by Gasteiger charge is -2.14. The van der Waals surface area contributed by atoms with Crippen LogP contribution in [-0.2, 0) is 6.42 Å². The number of benzene rings is 1. The van der Waals surface area contributed by atoms with E-state index in [2.05, 4.69) is 5.32 Å². The Morgan fingerprint density at radius 2 is 2.12 bits per heavy atom. The summed E-state index contributed by atoms with van der Waals surface area (Å²) in [6.45, 7) is 4.72. The van der Waals surface area contributed by atoms with E-state index in [0.29, 0.717) is 5.56 Å². The number of carbonyl (C=O) groups is 1. The topological polar surface area (TPSA) is 75.4 Å². The minimum Gasteiger partial charge on any atom is -0.507 e. The SMILES string of the molecule is CCCc1c(NCC)ccc(C(=O)CN)c1O. The van der Waals surface area contributed by atoms with E-state index in [1.165, 1.54) is 0 Å². The molecule has 1 aromatic carbocycles. The van der Waals surface area contributed by atoms with Crippen LogP contribution in [0.25, 0.3) is 0 Å².